The average Bonchev–Trinajstić information content (AvgIpc) is 3.07. The third kappa shape index (κ3) is 3.21. The van der Waals surface area contributed by atoms with Crippen molar-refractivity contribution in [2.24, 2.45) is 0 Å². The molecule has 0 saturated carbocycles. The average molecular weight is 415 g/mol. The van der Waals surface area contributed by atoms with Crippen LogP contribution in [0, 0.1) is 0 Å². The van der Waals surface area contributed by atoms with Crippen molar-refractivity contribution in [3.63, 3.8) is 0 Å². The van der Waals surface area contributed by atoms with Crippen LogP contribution in [-0.2, 0) is 0 Å². The molecule has 0 aliphatic rings. The fraction of sp³-hybridized carbons (Fsp3) is 0.435. The lowest BCUT2D eigenvalue weighted by molar-refractivity contribution is 0.220. The first-order chi connectivity index (χ1) is 13.2. The van der Waals surface area contributed by atoms with Crippen LogP contribution in [0.5, 0.6) is 0 Å². The lowest BCUT2D eigenvalue weighted by Crippen LogP contribution is -2.51. The molecule has 0 amide bonds. The Bertz CT molecular complexity index is 928. The van der Waals surface area contributed by atoms with Crippen LogP contribution in [-0.4, -0.2) is 22.6 Å². The SMILES string of the molecule is CC(C)[Si](C(C)C)(C(C)C)n1ccc2c(Cl)c([C@@H](O)c3ccccc3)cnc21. The number of hydrogen-bond acceptors (Lipinski definition) is 2. The van der Waals surface area contributed by atoms with Crippen molar-refractivity contribution in [2.45, 2.75) is 64.3 Å². The topological polar surface area (TPSA) is 38.0 Å². The van der Waals surface area contributed by atoms with E-state index in [1.807, 2.05) is 30.3 Å². The molecule has 0 spiro atoms. The largest absolute Gasteiger partial charge is 0.384 e. The number of halogens is 1. The summed E-state index contributed by atoms with van der Waals surface area (Å²) in [5.41, 5.74) is 4.12. The predicted molar refractivity (Wildman–Crippen MR) is 122 cm³/mol. The highest BCUT2D eigenvalue weighted by Crippen LogP contribution is 2.45. The normalized spacial score (nSPS) is 13.8. The van der Waals surface area contributed by atoms with Crippen LogP contribution in [0.15, 0.2) is 48.8 Å². The van der Waals surface area contributed by atoms with E-state index < -0.39 is 14.3 Å². The van der Waals surface area contributed by atoms with Crippen LogP contribution in [0.25, 0.3) is 11.0 Å². The summed E-state index contributed by atoms with van der Waals surface area (Å²) in [6.45, 7) is 14.0. The lowest BCUT2D eigenvalue weighted by atomic mass is 10.0. The van der Waals surface area contributed by atoms with Crippen molar-refractivity contribution in [3.05, 3.63) is 64.9 Å². The molecule has 2 heterocycles. The predicted octanol–water partition coefficient (Wildman–Crippen LogP) is 6.80. The molecule has 0 saturated heterocycles. The first-order valence-electron chi connectivity index (χ1n) is 10.1. The highest BCUT2D eigenvalue weighted by Gasteiger charge is 2.46. The Balaban J connectivity index is 2.18. The monoisotopic (exact) mass is 414 g/mol. The molecule has 0 bridgehead atoms. The van der Waals surface area contributed by atoms with Gasteiger partial charge in [-0.25, -0.2) is 4.98 Å². The van der Waals surface area contributed by atoms with E-state index in [-0.39, 0.29) is 0 Å². The highest BCUT2D eigenvalue weighted by atomic mass is 35.5. The summed E-state index contributed by atoms with van der Waals surface area (Å²) in [7, 11) is -1.91. The molecule has 1 atom stereocenters. The second kappa shape index (κ2) is 8.01. The maximum absolute atomic E-state index is 10.8. The molecule has 2 aromatic heterocycles. The number of pyridine rings is 1. The lowest BCUT2D eigenvalue weighted by Gasteiger charge is -2.44. The smallest absolute Gasteiger partial charge is 0.171 e. The zero-order valence-corrected chi connectivity index (χ0v) is 19.4. The maximum Gasteiger partial charge on any atom is 0.171 e. The van der Waals surface area contributed by atoms with E-state index in [1.54, 1.807) is 6.20 Å². The fourth-order valence-corrected chi connectivity index (χ4v) is 12.1. The van der Waals surface area contributed by atoms with E-state index in [0.29, 0.717) is 27.2 Å². The van der Waals surface area contributed by atoms with Gasteiger partial charge in [0, 0.05) is 17.1 Å². The number of aromatic nitrogens is 2. The minimum atomic E-state index is -1.91. The van der Waals surface area contributed by atoms with Gasteiger partial charge in [0.2, 0.25) is 0 Å². The van der Waals surface area contributed by atoms with Gasteiger partial charge in [-0.15, -0.1) is 0 Å². The van der Waals surface area contributed by atoms with Gasteiger partial charge in [0.25, 0.3) is 0 Å². The molecule has 1 N–H and O–H groups in total. The van der Waals surface area contributed by atoms with Crippen molar-refractivity contribution in [1.82, 2.24) is 9.22 Å². The van der Waals surface area contributed by atoms with Gasteiger partial charge in [-0.1, -0.05) is 83.5 Å². The summed E-state index contributed by atoms with van der Waals surface area (Å²) in [5.74, 6) is 0. The van der Waals surface area contributed by atoms with Crippen molar-refractivity contribution < 1.29 is 5.11 Å². The Morgan fingerprint density at radius 2 is 1.50 bits per heavy atom. The molecule has 0 radical (unpaired) electrons. The quantitative estimate of drug-likeness (QED) is 0.450. The van der Waals surface area contributed by atoms with Gasteiger partial charge < -0.3 is 9.34 Å². The molecule has 0 aliphatic heterocycles. The highest BCUT2D eigenvalue weighted by molar-refractivity contribution is 6.82. The van der Waals surface area contributed by atoms with E-state index in [1.165, 1.54) is 0 Å². The minimum absolute atomic E-state index is 0.568. The number of rotatable bonds is 6. The molecule has 0 aliphatic carbocycles. The molecular formula is C23H31ClN2OSi. The van der Waals surface area contributed by atoms with Crippen LogP contribution < -0.4 is 0 Å². The van der Waals surface area contributed by atoms with Crippen LogP contribution in [0.2, 0.25) is 21.6 Å². The Morgan fingerprint density at radius 3 is 2.04 bits per heavy atom. The number of nitrogens with zero attached hydrogens (tertiary/aromatic N) is 2. The van der Waals surface area contributed by atoms with Gasteiger partial charge in [0.1, 0.15) is 11.8 Å². The summed E-state index contributed by atoms with van der Waals surface area (Å²) in [5, 5.41) is 12.4. The molecular weight excluding hydrogens is 384 g/mol. The van der Waals surface area contributed by atoms with E-state index in [0.717, 1.165) is 16.6 Å². The summed E-state index contributed by atoms with van der Waals surface area (Å²) in [4.78, 5) is 4.81. The molecule has 3 rings (SSSR count). The number of aliphatic hydroxyl groups is 1. The molecule has 3 aromatic rings. The van der Waals surface area contributed by atoms with Gasteiger partial charge in [-0.05, 0) is 34.5 Å². The summed E-state index contributed by atoms with van der Waals surface area (Å²) in [6.07, 6.45) is 3.14. The van der Waals surface area contributed by atoms with Crippen molar-refractivity contribution in [2.75, 3.05) is 0 Å². The van der Waals surface area contributed by atoms with Gasteiger partial charge >= 0.3 is 0 Å². The van der Waals surface area contributed by atoms with Crippen molar-refractivity contribution in [3.8, 4) is 0 Å². The Morgan fingerprint density at radius 1 is 0.929 bits per heavy atom. The van der Waals surface area contributed by atoms with Gasteiger partial charge in [-0.2, -0.15) is 0 Å². The van der Waals surface area contributed by atoms with Crippen LogP contribution in [0.3, 0.4) is 0 Å². The number of hydrogen-bond donors (Lipinski definition) is 1. The first kappa shape index (κ1) is 21.1. The van der Waals surface area contributed by atoms with Gasteiger partial charge in [-0.3, -0.25) is 0 Å². The van der Waals surface area contributed by atoms with Gasteiger partial charge in [0.15, 0.2) is 8.24 Å². The maximum atomic E-state index is 10.8. The first-order valence-corrected chi connectivity index (χ1v) is 12.7. The molecule has 3 nitrogen and oxygen atoms in total. The summed E-state index contributed by atoms with van der Waals surface area (Å²) < 4.78 is 2.45. The van der Waals surface area contributed by atoms with E-state index in [9.17, 15) is 5.11 Å². The third-order valence-corrected chi connectivity index (χ3v) is 13.4. The molecule has 1 aromatic carbocycles. The van der Waals surface area contributed by atoms with E-state index >= 15 is 0 Å². The molecule has 5 heteroatoms. The number of fused-ring (bicyclic) bond motifs is 1. The zero-order valence-electron chi connectivity index (χ0n) is 17.6. The minimum Gasteiger partial charge on any atom is -0.384 e. The summed E-state index contributed by atoms with van der Waals surface area (Å²) in [6, 6.07) is 11.7. The number of benzene rings is 1. The van der Waals surface area contributed by atoms with E-state index in [4.69, 9.17) is 16.6 Å². The van der Waals surface area contributed by atoms with Crippen molar-refractivity contribution in [1.29, 1.82) is 0 Å². The Labute approximate surface area is 174 Å². The van der Waals surface area contributed by atoms with Crippen LogP contribution >= 0.6 is 11.6 Å². The fourth-order valence-electron chi connectivity index (χ4n) is 5.22. The second-order valence-electron chi connectivity index (χ2n) is 8.62. The zero-order chi connectivity index (χ0) is 20.6. The Kier molecular flexibility index (Phi) is 6.04. The molecule has 150 valence electrons. The standard InChI is InChI=1S/C23H31ClN2OSi/c1-15(2)28(16(3)4,17(5)6)26-13-12-19-21(24)20(14-25-23(19)26)22(27)18-10-8-7-9-11-18/h7-17,22,27H,1-6H3/t22-/m0/s1. The summed E-state index contributed by atoms with van der Waals surface area (Å²) >= 11 is 6.79. The Hall–Kier alpha value is -1.62. The van der Waals surface area contributed by atoms with Crippen LogP contribution in [0.4, 0.5) is 0 Å². The molecule has 28 heavy (non-hydrogen) atoms. The number of aliphatic hydroxyl groups excluding tert-OH is 1. The van der Waals surface area contributed by atoms with Gasteiger partial charge in [0.05, 0.1) is 5.02 Å². The molecule has 0 unspecified atom stereocenters. The second-order valence-corrected chi connectivity index (χ2v) is 14.7. The molecule has 0 fully saturated rings. The van der Waals surface area contributed by atoms with Crippen molar-refractivity contribution >= 4 is 30.9 Å². The van der Waals surface area contributed by atoms with E-state index in [2.05, 4.69) is 58.0 Å². The third-order valence-electron chi connectivity index (χ3n) is 6.28. The van der Waals surface area contributed by atoms with Crippen LogP contribution in [0.1, 0.15) is 58.8 Å².